The van der Waals surface area contributed by atoms with Crippen molar-refractivity contribution in [3.8, 4) is 0 Å². The molecule has 3 rings (SSSR count). The first-order valence-corrected chi connectivity index (χ1v) is 10.1. The molecule has 1 amide bonds. The van der Waals surface area contributed by atoms with Gasteiger partial charge in [-0.05, 0) is 43.3 Å². The Labute approximate surface area is 154 Å². The summed E-state index contributed by atoms with van der Waals surface area (Å²) in [7, 11) is -3.67. The molecule has 26 heavy (non-hydrogen) atoms. The fourth-order valence-electron chi connectivity index (χ4n) is 2.82. The van der Waals surface area contributed by atoms with Crippen LogP contribution in [0.3, 0.4) is 0 Å². The Hall–Kier alpha value is -2.38. The highest BCUT2D eigenvalue weighted by molar-refractivity contribution is 7.92. The molecule has 6 nitrogen and oxygen atoms in total. The third-order valence-electron chi connectivity index (χ3n) is 4.45. The quantitative estimate of drug-likeness (QED) is 0.776. The molecule has 0 aromatic heterocycles. The maximum absolute atomic E-state index is 12.9. The summed E-state index contributed by atoms with van der Waals surface area (Å²) in [6, 6.07) is 15.1. The number of anilines is 1. The predicted molar refractivity (Wildman–Crippen MR) is 102 cm³/mol. The van der Waals surface area contributed by atoms with Crippen LogP contribution in [0, 0.1) is 5.92 Å². The van der Waals surface area contributed by atoms with E-state index < -0.39 is 10.0 Å². The van der Waals surface area contributed by atoms with E-state index in [1.54, 1.807) is 43.3 Å². The molecule has 0 saturated carbocycles. The summed E-state index contributed by atoms with van der Waals surface area (Å²) in [4.78, 5) is 12.3. The molecule has 0 bridgehead atoms. The molecule has 138 valence electrons. The maximum atomic E-state index is 12.9. The number of para-hydroxylation sites is 1. The summed E-state index contributed by atoms with van der Waals surface area (Å²) in [5.74, 6) is 0.291. The van der Waals surface area contributed by atoms with Gasteiger partial charge in [-0.2, -0.15) is 0 Å². The van der Waals surface area contributed by atoms with Crippen LogP contribution in [-0.4, -0.2) is 40.5 Å². The second-order valence-electron chi connectivity index (χ2n) is 6.26. The minimum Gasteiger partial charge on any atom is -0.352 e. The standard InChI is InChI=1S/C19H23N3O3S/c1-2-22(17-6-4-3-5-7-17)26(24,25)18-10-8-16(9-11-18)19(23)21-14-15-12-20-13-15/h3-11,15,20H,2,12-14H2,1H3,(H,21,23). The summed E-state index contributed by atoms with van der Waals surface area (Å²) < 4.78 is 27.2. The van der Waals surface area contributed by atoms with Crippen LogP contribution in [0.5, 0.6) is 0 Å². The number of nitrogens with one attached hydrogen (secondary N) is 2. The maximum Gasteiger partial charge on any atom is 0.264 e. The average molecular weight is 373 g/mol. The molecule has 1 saturated heterocycles. The number of amides is 1. The molecule has 1 aliphatic heterocycles. The smallest absolute Gasteiger partial charge is 0.264 e. The van der Waals surface area contributed by atoms with Crippen LogP contribution in [0.25, 0.3) is 0 Å². The molecule has 0 unspecified atom stereocenters. The summed E-state index contributed by atoms with van der Waals surface area (Å²) in [6.07, 6.45) is 0. The Balaban J connectivity index is 1.74. The third-order valence-corrected chi connectivity index (χ3v) is 6.37. The van der Waals surface area contributed by atoms with Gasteiger partial charge in [0.05, 0.1) is 10.6 Å². The van der Waals surface area contributed by atoms with Gasteiger partial charge in [-0.1, -0.05) is 18.2 Å². The number of carbonyl (C=O) groups excluding carboxylic acids is 1. The van der Waals surface area contributed by atoms with Crippen molar-refractivity contribution in [2.45, 2.75) is 11.8 Å². The molecule has 0 atom stereocenters. The van der Waals surface area contributed by atoms with Crippen LogP contribution < -0.4 is 14.9 Å². The lowest BCUT2D eigenvalue weighted by atomic mass is 10.0. The van der Waals surface area contributed by atoms with E-state index in [1.165, 1.54) is 16.4 Å². The molecule has 2 aromatic carbocycles. The van der Waals surface area contributed by atoms with Crippen LogP contribution in [0.4, 0.5) is 5.69 Å². The molecular formula is C19H23N3O3S. The van der Waals surface area contributed by atoms with Crippen molar-refractivity contribution in [2.24, 2.45) is 5.92 Å². The van der Waals surface area contributed by atoms with Gasteiger partial charge in [-0.25, -0.2) is 8.42 Å². The number of rotatable bonds is 7. The van der Waals surface area contributed by atoms with Gasteiger partial charge >= 0.3 is 0 Å². The first-order valence-electron chi connectivity index (χ1n) is 8.69. The molecule has 1 fully saturated rings. The van der Waals surface area contributed by atoms with Gasteiger partial charge in [0.2, 0.25) is 0 Å². The number of benzene rings is 2. The summed E-state index contributed by atoms with van der Waals surface area (Å²) >= 11 is 0. The summed E-state index contributed by atoms with van der Waals surface area (Å²) in [6.45, 7) is 4.59. The molecular weight excluding hydrogens is 350 g/mol. The number of hydrogen-bond donors (Lipinski definition) is 2. The van der Waals surface area contributed by atoms with Gasteiger partial charge in [0.15, 0.2) is 0 Å². The van der Waals surface area contributed by atoms with E-state index in [9.17, 15) is 13.2 Å². The zero-order valence-corrected chi connectivity index (χ0v) is 15.5. The lowest BCUT2D eigenvalue weighted by molar-refractivity contribution is 0.0942. The fourth-order valence-corrected chi connectivity index (χ4v) is 4.30. The van der Waals surface area contributed by atoms with E-state index >= 15 is 0 Å². The number of hydrogen-bond acceptors (Lipinski definition) is 4. The molecule has 7 heteroatoms. The van der Waals surface area contributed by atoms with Crippen molar-refractivity contribution in [1.29, 1.82) is 0 Å². The van der Waals surface area contributed by atoms with Crippen molar-refractivity contribution < 1.29 is 13.2 Å². The topological polar surface area (TPSA) is 78.5 Å². The van der Waals surface area contributed by atoms with E-state index in [2.05, 4.69) is 10.6 Å². The second kappa shape index (κ2) is 7.88. The van der Waals surface area contributed by atoms with Gasteiger partial charge in [-0.15, -0.1) is 0 Å². The highest BCUT2D eigenvalue weighted by Gasteiger charge is 2.24. The van der Waals surface area contributed by atoms with Crippen LogP contribution >= 0.6 is 0 Å². The van der Waals surface area contributed by atoms with E-state index in [4.69, 9.17) is 0 Å². The Kier molecular flexibility index (Phi) is 5.58. The zero-order valence-electron chi connectivity index (χ0n) is 14.7. The van der Waals surface area contributed by atoms with Crippen LogP contribution in [0.15, 0.2) is 59.5 Å². The van der Waals surface area contributed by atoms with Gasteiger partial charge in [0, 0.05) is 37.7 Å². The molecule has 2 aromatic rings. The molecule has 0 radical (unpaired) electrons. The number of nitrogens with zero attached hydrogens (tertiary/aromatic N) is 1. The van der Waals surface area contributed by atoms with Crippen LogP contribution in [0.1, 0.15) is 17.3 Å². The lowest BCUT2D eigenvalue weighted by Gasteiger charge is -2.27. The van der Waals surface area contributed by atoms with Crippen molar-refractivity contribution in [3.05, 3.63) is 60.2 Å². The predicted octanol–water partition coefficient (Wildman–Crippen LogP) is 1.85. The first-order chi connectivity index (χ1) is 12.5. The van der Waals surface area contributed by atoms with Crippen LogP contribution in [0.2, 0.25) is 0 Å². The number of sulfonamides is 1. The van der Waals surface area contributed by atoms with Crippen molar-refractivity contribution >= 4 is 21.6 Å². The van der Waals surface area contributed by atoms with Gasteiger partial charge in [0.25, 0.3) is 15.9 Å². The highest BCUT2D eigenvalue weighted by atomic mass is 32.2. The zero-order chi connectivity index (χ0) is 18.6. The summed E-state index contributed by atoms with van der Waals surface area (Å²) in [5.41, 5.74) is 1.07. The van der Waals surface area contributed by atoms with E-state index in [-0.39, 0.29) is 10.8 Å². The normalized spacial score (nSPS) is 14.5. The van der Waals surface area contributed by atoms with E-state index in [0.29, 0.717) is 30.3 Å². The summed E-state index contributed by atoms with van der Waals surface area (Å²) in [5, 5.41) is 6.04. The first kappa shape index (κ1) is 18.4. The highest BCUT2D eigenvalue weighted by Crippen LogP contribution is 2.23. The monoisotopic (exact) mass is 373 g/mol. The van der Waals surface area contributed by atoms with Crippen molar-refractivity contribution in [2.75, 3.05) is 30.5 Å². The van der Waals surface area contributed by atoms with Crippen molar-refractivity contribution in [3.63, 3.8) is 0 Å². The Morgan fingerprint density at radius 2 is 1.77 bits per heavy atom. The SMILES string of the molecule is CCN(c1ccccc1)S(=O)(=O)c1ccc(C(=O)NCC2CNC2)cc1. The molecule has 1 aliphatic rings. The van der Waals surface area contributed by atoms with Gasteiger partial charge in [-0.3, -0.25) is 9.10 Å². The fraction of sp³-hybridized carbons (Fsp3) is 0.316. The second-order valence-corrected chi connectivity index (χ2v) is 8.13. The number of carbonyl (C=O) groups is 1. The molecule has 1 heterocycles. The van der Waals surface area contributed by atoms with Gasteiger partial charge < -0.3 is 10.6 Å². The minimum absolute atomic E-state index is 0.169. The van der Waals surface area contributed by atoms with Crippen molar-refractivity contribution in [1.82, 2.24) is 10.6 Å². The molecule has 2 N–H and O–H groups in total. The molecule has 0 aliphatic carbocycles. The Bertz CT molecular complexity index is 847. The molecule has 0 spiro atoms. The van der Waals surface area contributed by atoms with E-state index in [0.717, 1.165) is 13.1 Å². The van der Waals surface area contributed by atoms with Gasteiger partial charge in [0.1, 0.15) is 0 Å². The van der Waals surface area contributed by atoms with E-state index in [1.807, 2.05) is 6.07 Å². The van der Waals surface area contributed by atoms with Crippen LogP contribution in [-0.2, 0) is 10.0 Å². The largest absolute Gasteiger partial charge is 0.352 e. The average Bonchev–Trinajstić information content (AvgIpc) is 2.61. The Morgan fingerprint density at radius 3 is 2.31 bits per heavy atom. The Morgan fingerprint density at radius 1 is 1.12 bits per heavy atom. The third kappa shape index (κ3) is 3.89. The minimum atomic E-state index is -3.67. The lowest BCUT2D eigenvalue weighted by Crippen LogP contribution is -2.48.